The molecule has 1 amide bonds. The Kier molecular flexibility index (Phi) is 5.90. The third-order valence-corrected chi connectivity index (χ3v) is 5.13. The van der Waals surface area contributed by atoms with E-state index in [9.17, 15) is 4.79 Å². The van der Waals surface area contributed by atoms with E-state index < -0.39 is 0 Å². The Morgan fingerprint density at radius 3 is 2.50 bits per heavy atom. The first-order valence-electron chi connectivity index (χ1n) is 10.1. The summed E-state index contributed by atoms with van der Waals surface area (Å²) in [4.78, 5) is 19.2. The normalized spacial score (nSPS) is 13.4. The standard InChI is InChI=1S/C24H23N5O/c25-15-18-5-4-6-21(13-18)28-24(30)19-14-22(17-26-16-19)27-20-7-9-23(10-8-20)29-11-2-1-3-12-29/h4-10,13-14,16-17,27H,1-3,11-12H2,(H,28,30). The molecular weight excluding hydrogens is 374 g/mol. The summed E-state index contributed by atoms with van der Waals surface area (Å²) < 4.78 is 0. The fraction of sp³-hybridized carbons (Fsp3) is 0.208. The molecule has 1 fully saturated rings. The number of nitrogens with one attached hydrogen (secondary N) is 2. The highest BCUT2D eigenvalue weighted by atomic mass is 16.1. The molecule has 2 aromatic carbocycles. The van der Waals surface area contributed by atoms with Gasteiger partial charge >= 0.3 is 0 Å². The second-order valence-corrected chi connectivity index (χ2v) is 7.33. The molecule has 0 spiro atoms. The molecule has 6 heteroatoms. The van der Waals surface area contributed by atoms with E-state index in [1.807, 2.05) is 12.1 Å². The first-order valence-corrected chi connectivity index (χ1v) is 10.1. The van der Waals surface area contributed by atoms with E-state index in [1.165, 1.54) is 31.1 Å². The maximum Gasteiger partial charge on any atom is 0.257 e. The van der Waals surface area contributed by atoms with Crippen LogP contribution in [0.25, 0.3) is 0 Å². The van der Waals surface area contributed by atoms with Gasteiger partial charge in [0.15, 0.2) is 0 Å². The van der Waals surface area contributed by atoms with Crippen LogP contribution in [-0.4, -0.2) is 24.0 Å². The monoisotopic (exact) mass is 397 g/mol. The number of pyridine rings is 1. The number of hydrogen-bond donors (Lipinski definition) is 2. The van der Waals surface area contributed by atoms with Crippen LogP contribution in [0, 0.1) is 11.3 Å². The van der Waals surface area contributed by atoms with Crippen molar-refractivity contribution >= 4 is 28.7 Å². The first kappa shape index (κ1) is 19.5. The number of hydrogen-bond acceptors (Lipinski definition) is 5. The molecule has 2 N–H and O–H groups in total. The summed E-state index contributed by atoms with van der Waals surface area (Å²) in [5.74, 6) is -0.276. The predicted octanol–water partition coefficient (Wildman–Crippen LogP) is 4.94. The Morgan fingerprint density at radius 1 is 0.933 bits per heavy atom. The average molecular weight is 397 g/mol. The Bertz CT molecular complexity index is 1070. The largest absolute Gasteiger partial charge is 0.372 e. The van der Waals surface area contributed by atoms with Gasteiger partial charge in [0, 0.05) is 36.3 Å². The smallest absolute Gasteiger partial charge is 0.257 e. The number of nitriles is 1. The zero-order valence-electron chi connectivity index (χ0n) is 16.6. The van der Waals surface area contributed by atoms with Gasteiger partial charge in [-0.05, 0) is 67.8 Å². The quantitative estimate of drug-likeness (QED) is 0.637. The van der Waals surface area contributed by atoms with Crippen LogP contribution in [0.15, 0.2) is 67.0 Å². The van der Waals surface area contributed by atoms with Crippen LogP contribution >= 0.6 is 0 Å². The summed E-state index contributed by atoms with van der Waals surface area (Å²) >= 11 is 0. The molecule has 0 radical (unpaired) electrons. The van der Waals surface area contributed by atoms with E-state index in [-0.39, 0.29) is 5.91 Å². The second kappa shape index (κ2) is 9.10. The summed E-state index contributed by atoms with van der Waals surface area (Å²) in [7, 11) is 0. The summed E-state index contributed by atoms with van der Waals surface area (Å²) in [6.07, 6.45) is 7.03. The number of aromatic nitrogens is 1. The average Bonchev–Trinajstić information content (AvgIpc) is 2.80. The van der Waals surface area contributed by atoms with E-state index in [0.717, 1.165) is 24.5 Å². The van der Waals surface area contributed by atoms with Gasteiger partial charge in [-0.15, -0.1) is 0 Å². The van der Waals surface area contributed by atoms with Crippen molar-refractivity contribution in [2.75, 3.05) is 28.6 Å². The maximum absolute atomic E-state index is 12.6. The Balaban J connectivity index is 1.42. The van der Waals surface area contributed by atoms with Crippen LogP contribution < -0.4 is 15.5 Å². The van der Waals surface area contributed by atoms with Crippen molar-refractivity contribution in [2.24, 2.45) is 0 Å². The molecular formula is C24H23N5O. The van der Waals surface area contributed by atoms with Crippen LogP contribution in [-0.2, 0) is 0 Å². The minimum atomic E-state index is -0.276. The number of rotatable bonds is 5. The number of nitrogens with zero attached hydrogens (tertiary/aromatic N) is 3. The fourth-order valence-electron chi connectivity index (χ4n) is 3.58. The molecule has 6 nitrogen and oxygen atoms in total. The molecule has 0 saturated carbocycles. The lowest BCUT2D eigenvalue weighted by atomic mass is 10.1. The molecule has 0 bridgehead atoms. The molecule has 0 unspecified atom stereocenters. The lowest BCUT2D eigenvalue weighted by Gasteiger charge is -2.28. The molecule has 30 heavy (non-hydrogen) atoms. The zero-order chi connectivity index (χ0) is 20.8. The molecule has 1 aliphatic heterocycles. The van der Waals surface area contributed by atoms with Crippen molar-refractivity contribution in [3.63, 3.8) is 0 Å². The number of carbonyl (C=O) groups excluding carboxylic acids is 1. The molecule has 2 heterocycles. The second-order valence-electron chi connectivity index (χ2n) is 7.33. The van der Waals surface area contributed by atoms with E-state index in [1.54, 1.807) is 36.5 Å². The van der Waals surface area contributed by atoms with Gasteiger partial charge in [0.2, 0.25) is 0 Å². The van der Waals surface area contributed by atoms with Crippen molar-refractivity contribution in [1.82, 2.24) is 4.98 Å². The summed E-state index contributed by atoms with van der Waals surface area (Å²) in [6.45, 7) is 2.23. The molecule has 0 atom stereocenters. The summed E-state index contributed by atoms with van der Waals surface area (Å²) in [5, 5.41) is 15.1. The number of anilines is 4. The minimum absolute atomic E-state index is 0.276. The highest BCUT2D eigenvalue weighted by Gasteiger charge is 2.11. The van der Waals surface area contributed by atoms with Crippen LogP contribution in [0.1, 0.15) is 35.2 Å². The third kappa shape index (κ3) is 4.76. The molecule has 150 valence electrons. The predicted molar refractivity (Wildman–Crippen MR) is 119 cm³/mol. The first-order chi connectivity index (χ1) is 14.7. The van der Waals surface area contributed by atoms with Gasteiger partial charge in [0.25, 0.3) is 5.91 Å². The van der Waals surface area contributed by atoms with Crippen LogP contribution in [0.2, 0.25) is 0 Å². The molecule has 0 aliphatic carbocycles. The van der Waals surface area contributed by atoms with Crippen molar-refractivity contribution in [1.29, 1.82) is 5.26 Å². The van der Waals surface area contributed by atoms with Gasteiger partial charge < -0.3 is 15.5 Å². The Hall–Kier alpha value is -3.85. The van der Waals surface area contributed by atoms with E-state index in [2.05, 4.69) is 38.7 Å². The topological polar surface area (TPSA) is 81.0 Å². The highest BCUT2D eigenvalue weighted by Crippen LogP contribution is 2.24. The van der Waals surface area contributed by atoms with Crippen LogP contribution in [0.5, 0.6) is 0 Å². The van der Waals surface area contributed by atoms with E-state index in [4.69, 9.17) is 5.26 Å². The van der Waals surface area contributed by atoms with Crippen molar-refractivity contribution in [2.45, 2.75) is 19.3 Å². The van der Waals surface area contributed by atoms with E-state index >= 15 is 0 Å². The highest BCUT2D eigenvalue weighted by molar-refractivity contribution is 6.04. The molecule has 4 rings (SSSR count). The lowest BCUT2D eigenvalue weighted by Crippen LogP contribution is -2.29. The van der Waals surface area contributed by atoms with Gasteiger partial charge in [0.1, 0.15) is 0 Å². The van der Waals surface area contributed by atoms with Crippen LogP contribution in [0.4, 0.5) is 22.7 Å². The SMILES string of the molecule is N#Cc1cccc(NC(=O)c2cncc(Nc3ccc(N4CCCCC4)cc3)c2)c1. The minimum Gasteiger partial charge on any atom is -0.372 e. The zero-order valence-corrected chi connectivity index (χ0v) is 16.6. The summed E-state index contributed by atoms with van der Waals surface area (Å²) in [5.41, 5.74) is 4.43. The van der Waals surface area contributed by atoms with Crippen LogP contribution in [0.3, 0.4) is 0 Å². The summed E-state index contributed by atoms with van der Waals surface area (Å²) in [6, 6.07) is 19.0. The third-order valence-electron chi connectivity index (χ3n) is 5.13. The van der Waals surface area contributed by atoms with Gasteiger partial charge in [-0.25, -0.2) is 0 Å². The van der Waals surface area contributed by atoms with Crippen molar-refractivity contribution in [3.8, 4) is 6.07 Å². The number of piperidine rings is 1. The molecule has 1 aliphatic rings. The van der Waals surface area contributed by atoms with Crippen molar-refractivity contribution < 1.29 is 4.79 Å². The lowest BCUT2D eigenvalue weighted by molar-refractivity contribution is 0.102. The number of carbonyl (C=O) groups is 1. The fourth-order valence-corrected chi connectivity index (χ4v) is 3.58. The van der Waals surface area contributed by atoms with E-state index in [0.29, 0.717) is 16.8 Å². The molecule has 1 aromatic heterocycles. The van der Waals surface area contributed by atoms with Gasteiger partial charge in [-0.3, -0.25) is 9.78 Å². The molecule has 3 aromatic rings. The molecule has 1 saturated heterocycles. The Labute approximate surface area is 176 Å². The maximum atomic E-state index is 12.6. The van der Waals surface area contributed by atoms with Crippen molar-refractivity contribution in [3.05, 3.63) is 78.1 Å². The van der Waals surface area contributed by atoms with Gasteiger partial charge in [-0.2, -0.15) is 5.26 Å². The van der Waals surface area contributed by atoms with Gasteiger partial charge in [-0.1, -0.05) is 6.07 Å². The number of amides is 1. The number of benzene rings is 2. The van der Waals surface area contributed by atoms with Gasteiger partial charge in [0.05, 0.1) is 29.1 Å². The Morgan fingerprint density at radius 2 is 1.73 bits per heavy atom.